The normalized spacial score (nSPS) is 16.1. The largest absolute Gasteiger partial charge is 0.480 e. The number of amides is 1. The molecule has 34 heavy (non-hydrogen) atoms. The van der Waals surface area contributed by atoms with E-state index in [0.29, 0.717) is 49.6 Å². The number of hydrogen-bond acceptors (Lipinski definition) is 8. The number of aliphatic imine (C=N–C) groups is 1. The molecule has 0 bridgehead atoms. The van der Waals surface area contributed by atoms with Crippen LogP contribution in [0, 0.1) is 6.92 Å². The first-order valence-corrected chi connectivity index (χ1v) is 12.6. The van der Waals surface area contributed by atoms with E-state index in [4.69, 9.17) is 10.5 Å². The molecule has 1 amide bonds. The summed E-state index contributed by atoms with van der Waals surface area (Å²) in [5, 5.41) is 0. The smallest absolute Gasteiger partial charge is 0.254 e. The second-order valence-corrected chi connectivity index (χ2v) is 10.4. The van der Waals surface area contributed by atoms with E-state index in [9.17, 15) is 18.0 Å². The van der Waals surface area contributed by atoms with Crippen molar-refractivity contribution in [2.45, 2.75) is 6.92 Å². The van der Waals surface area contributed by atoms with Gasteiger partial charge in [0.05, 0.1) is 35.4 Å². The lowest BCUT2D eigenvalue weighted by molar-refractivity contribution is 0.0776. The number of carbonyl (C=O) groups is 2. The molecule has 1 fully saturated rings. The predicted octanol–water partition coefficient (Wildman–Crippen LogP) is 1.05. The number of aryl methyl sites for hydroxylation is 1. The highest BCUT2D eigenvalue weighted by Gasteiger charge is 2.23. The van der Waals surface area contributed by atoms with E-state index < -0.39 is 9.84 Å². The summed E-state index contributed by atoms with van der Waals surface area (Å²) in [6.07, 6.45) is 2.24. The van der Waals surface area contributed by atoms with Crippen LogP contribution < -0.4 is 10.5 Å². The highest BCUT2D eigenvalue weighted by atomic mass is 32.2. The Morgan fingerprint density at radius 2 is 2.00 bits per heavy atom. The minimum atomic E-state index is -2.96. The van der Waals surface area contributed by atoms with E-state index in [1.54, 1.807) is 25.4 Å². The molecule has 182 valence electrons. The Bertz CT molecular complexity index is 1200. The minimum Gasteiger partial charge on any atom is -0.480 e. The summed E-state index contributed by atoms with van der Waals surface area (Å²) < 4.78 is 28.5. The number of rotatable bonds is 8. The lowest BCUT2D eigenvalue weighted by Gasteiger charge is -2.28. The Hall–Kier alpha value is -3.31. The van der Waals surface area contributed by atoms with Crippen molar-refractivity contribution in [2.75, 3.05) is 51.8 Å². The van der Waals surface area contributed by atoms with Gasteiger partial charge in [-0.1, -0.05) is 0 Å². The third kappa shape index (κ3) is 5.97. The van der Waals surface area contributed by atoms with Gasteiger partial charge in [0.15, 0.2) is 16.1 Å². The third-order valence-corrected chi connectivity index (χ3v) is 7.36. The van der Waals surface area contributed by atoms with Crippen LogP contribution in [0.4, 0.5) is 5.69 Å². The van der Waals surface area contributed by atoms with Crippen molar-refractivity contribution in [3.63, 3.8) is 0 Å². The first-order valence-electron chi connectivity index (χ1n) is 10.8. The van der Waals surface area contributed by atoms with Crippen molar-refractivity contribution in [1.82, 2.24) is 14.8 Å². The number of methoxy groups -OCH3 is 1. The Morgan fingerprint density at radius 1 is 1.29 bits per heavy atom. The van der Waals surface area contributed by atoms with Crippen molar-refractivity contribution in [1.29, 1.82) is 0 Å². The van der Waals surface area contributed by atoms with Crippen molar-refractivity contribution < 1.29 is 22.7 Å². The van der Waals surface area contributed by atoms with E-state index in [1.165, 1.54) is 24.1 Å². The van der Waals surface area contributed by atoms with Crippen LogP contribution >= 0.6 is 0 Å². The third-order valence-electron chi connectivity index (χ3n) is 5.75. The zero-order valence-electron chi connectivity index (χ0n) is 19.5. The SMILES string of the molecule is COc1nccc(C)c1C(N)=Nc1ccc(C=O)c(C(=O)N(C)CCN2CCS(=O)(=O)CC2)c1. The Balaban J connectivity index is 1.79. The number of ether oxygens (including phenoxy) is 1. The number of carbonyl (C=O) groups excluding carboxylic acids is 2. The summed E-state index contributed by atoms with van der Waals surface area (Å²) in [6.45, 7) is 3.69. The van der Waals surface area contributed by atoms with Crippen molar-refractivity contribution in [3.05, 3.63) is 52.7 Å². The van der Waals surface area contributed by atoms with Crippen molar-refractivity contribution in [3.8, 4) is 5.88 Å². The number of nitrogens with zero attached hydrogens (tertiary/aromatic N) is 4. The van der Waals surface area contributed by atoms with E-state index in [-0.39, 0.29) is 34.4 Å². The Labute approximate surface area is 199 Å². The average molecular weight is 488 g/mol. The molecule has 1 aliphatic rings. The second kappa shape index (κ2) is 10.7. The molecule has 0 radical (unpaired) electrons. The maximum absolute atomic E-state index is 13.1. The molecule has 2 heterocycles. The number of hydrogen-bond donors (Lipinski definition) is 1. The summed E-state index contributed by atoms with van der Waals surface area (Å²) in [6, 6.07) is 6.46. The highest BCUT2D eigenvalue weighted by molar-refractivity contribution is 7.91. The second-order valence-electron chi connectivity index (χ2n) is 8.12. The van der Waals surface area contributed by atoms with E-state index in [1.807, 2.05) is 11.8 Å². The average Bonchev–Trinajstić information content (AvgIpc) is 2.82. The standard InChI is InChI=1S/C23H29N5O5S/c1-16-6-7-25-22(33-3)20(16)21(24)26-18-5-4-17(15-29)19(14-18)23(30)27(2)8-9-28-10-12-34(31,32)13-11-28/h4-7,14-15H,8-13H2,1-3H3,(H2,24,26). The maximum atomic E-state index is 13.1. The van der Waals surface area contributed by atoms with Gasteiger partial charge in [0, 0.05) is 45.0 Å². The zero-order valence-corrected chi connectivity index (χ0v) is 20.3. The van der Waals surface area contributed by atoms with Gasteiger partial charge in [-0.25, -0.2) is 18.4 Å². The molecule has 1 aromatic heterocycles. The zero-order chi connectivity index (χ0) is 24.9. The van der Waals surface area contributed by atoms with Crippen LogP contribution in [-0.2, 0) is 9.84 Å². The van der Waals surface area contributed by atoms with Gasteiger partial charge in [-0.3, -0.25) is 14.5 Å². The monoisotopic (exact) mass is 487 g/mol. The topological polar surface area (TPSA) is 135 Å². The van der Waals surface area contributed by atoms with Crippen LogP contribution in [0.5, 0.6) is 5.88 Å². The molecular weight excluding hydrogens is 458 g/mol. The van der Waals surface area contributed by atoms with Crippen LogP contribution in [0.1, 0.15) is 31.8 Å². The van der Waals surface area contributed by atoms with Crippen LogP contribution in [0.25, 0.3) is 0 Å². The number of aromatic nitrogens is 1. The number of aldehydes is 1. The fourth-order valence-corrected chi connectivity index (χ4v) is 4.95. The number of amidine groups is 1. The summed E-state index contributed by atoms with van der Waals surface area (Å²) >= 11 is 0. The summed E-state index contributed by atoms with van der Waals surface area (Å²) in [7, 11) is 0.177. The highest BCUT2D eigenvalue weighted by Crippen LogP contribution is 2.23. The molecule has 1 saturated heterocycles. The van der Waals surface area contributed by atoms with Crippen LogP contribution in [0.3, 0.4) is 0 Å². The first kappa shape index (κ1) is 25.3. The molecule has 11 heteroatoms. The molecule has 10 nitrogen and oxygen atoms in total. The molecule has 0 aliphatic carbocycles. The quantitative estimate of drug-likeness (QED) is 0.332. The van der Waals surface area contributed by atoms with Gasteiger partial charge in [0.2, 0.25) is 5.88 Å². The Kier molecular flexibility index (Phi) is 8.00. The van der Waals surface area contributed by atoms with Crippen molar-refractivity contribution >= 4 is 33.6 Å². The molecule has 0 saturated carbocycles. The maximum Gasteiger partial charge on any atom is 0.254 e. The molecule has 0 atom stereocenters. The lowest BCUT2D eigenvalue weighted by atomic mass is 10.1. The molecule has 0 spiro atoms. The molecule has 1 aromatic carbocycles. The van der Waals surface area contributed by atoms with Gasteiger partial charge < -0.3 is 15.4 Å². The lowest BCUT2D eigenvalue weighted by Crippen LogP contribution is -2.44. The molecule has 0 unspecified atom stereocenters. The number of nitrogens with two attached hydrogens (primary N) is 1. The Morgan fingerprint density at radius 3 is 2.65 bits per heavy atom. The summed E-state index contributed by atoms with van der Waals surface area (Å²) in [4.78, 5) is 36.8. The van der Waals surface area contributed by atoms with Gasteiger partial charge in [-0.05, 0) is 36.8 Å². The van der Waals surface area contributed by atoms with E-state index in [2.05, 4.69) is 9.98 Å². The molecule has 2 aromatic rings. The predicted molar refractivity (Wildman–Crippen MR) is 130 cm³/mol. The van der Waals surface area contributed by atoms with Crippen LogP contribution in [0.15, 0.2) is 35.5 Å². The molecular formula is C23H29N5O5S. The van der Waals surface area contributed by atoms with Gasteiger partial charge >= 0.3 is 0 Å². The summed E-state index contributed by atoms with van der Waals surface area (Å²) in [5.74, 6) is 0.434. The van der Waals surface area contributed by atoms with Gasteiger partial charge in [-0.15, -0.1) is 0 Å². The number of pyridine rings is 1. The molecule has 1 aliphatic heterocycles. The summed E-state index contributed by atoms with van der Waals surface area (Å²) in [5.41, 5.74) is 8.48. The number of likely N-dealkylation sites (N-methyl/N-ethyl adjacent to an activating group) is 1. The number of benzene rings is 1. The molecule has 3 rings (SSSR count). The van der Waals surface area contributed by atoms with E-state index in [0.717, 1.165) is 5.56 Å². The van der Waals surface area contributed by atoms with Gasteiger partial charge in [0.25, 0.3) is 5.91 Å². The first-order chi connectivity index (χ1) is 16.1. The fraction of sp³-hybridized carbons (Fsp3) is 0.391. The minimum absolute atomic E-state index is 0.128. The van der Waals surface area contributed by atoms with Crippen LogP contribution in [0.2, 0.25) is 0 Å². The van der Waals surface area contributed by atoms with E-state index >= 15 is 0 Å². The van der Waals surface area contributed by atoms with Crippen LogP contribution in [-0.4, -0.2) is 93.1 Å². The fourth-order valence-electron chi connectivity index (χ4n) is 3.67. The van der Waals surface area contributed by atoms with Gasteiger partial charge in [-0.2, -0.15) is 0 Å². The number of sulfone groups is 1. The van der Waals surface area contributed by atoms with Gasteiger partial charge in [0.1, 0.15) is 5.84 Å². The van der Waals surface area contributed by atoms with Crippen molar-refractivity contribution in [2.24, 2.45) is 10.7 Å². The molecule has 2 N–H and O–H groups in total.